The molecule has 0 atom stereocenters. The normalized spacial score (nSPS) is 11.4. The van der Waals surface area contributed by atoms with Gasteiger partial charge in [0.1, 0.15) is 11.2 Å². The minimum Gasteiger partial charge on any atom is -0.455 e. The number of hydrogen-bond donors (Lipinski definition) is 0. The Balaban J connectivity index is 1.15. The van der Waals surface area contributed by atoms with Crippen molar-refractivity contribution in [2.75, 3.05) is 4.90 Å². The van der Waals surface area contributed by atoms with E-state index in [2.05, 4.69) is 229 Å². The standard InChI is InChI=1S/C56H37NO/c1-4-14-38(15-5-1)40-24-26-41(27-25-40)43-30-34-46(35-31-43)57(45-32-28-42(29-33-45)39-16-6-2-7-17-39)52-37-36-47(44-18-8-3-9-19-44)55-54(52)53-50-22-12-10-20-48(50)49-21-11-13-23-51(49)56(53)58-55/h1-37H. The summed E-state index contributed by atoms with van der Waals surface area (Å²) in [6, 6.07) is 80.4. The van der Waals surface area contributed by atoms with Crippen LogP contribution in [0.1, 0.15) is 0 Å². The summed E-state index contributed by atoms with van der Waals surface area (Å²) in [5, 5.41) is 6.90. The number of furan rings is 1. The van der Waals surface area contributed by atoms with Gasteiger partial charge in [0.05, 0.1) is 11.1 Å². The molecule has 0 aliphatic rings. The highest BCUT2D eigenvalue weighted by Gasteiger charge is 2.25. The Labute approximate surface area is 337 Å². The van der Waals surface area contributed by atoms with Crippen LogP contribution in [0.25, 0.3) is 88.0 Å². The molecule has 272 valence electrons. The molecule has 0 aliphatic heterocycles. The molecule has 1 heterocycles. The molecule has 2 nitrogen and oxygen atoms in total. The Morgan fingerprint density at radius 2 is 0.638 bits per heavy atom. The molecule has 1 aromatic heterocycles. The molecular formula is C56H37NO. The molecule has 0 saturated carbocycles. The number of fused-ring (bicyclic) bond motifs is 8. The van der Waals surface area contributed by atoms with E-state index in [4.69, 9.17) is 4.42 Å². The first-order chi connectivity index (χ1) is 28.8. The molecule has 0 aliphatic carbocycles. The molecule has 0 amide bonds. The summed E-state index contributed by atoms with van der Waals surface area (Å²) < 4.78 is 7.19. The van der Waals surface area contributed by atoms with Crippen molar-refractivity contribution >= 4 is 60.5 Å². The highest BCUT2D eigenvalue weighted by Crippen LogP contribution is 2.50. The predicted octanol–water partition coefficient (Wildman–Crippen LogP) is 16.0. The molecule has 58 heavy (non-hydrogen) atoms. The van der Waals surface area contributed by atoms with E-state index in [0.29, 0.717) is 0 Å². The molecule has 11 aromatic rings. The monoisotopic (exact) mass is 739 g/mol. The summed E-state index contributed by atoms with van der Waals surface area (Å²) in [4.78, 5) is 2.40. The Morgan fingerprint density at radius 3 is 1.14 bits per heavy atom. The van der Waals surface area contributed by atoms with Gasteiger partial charge in [0.15, 0.2) is 0 Å². The molecule has 0 N–H and O–H groups in total. The first kappa shape index (κ1) is 33.6. The van der Waals surface area contributed by atoms with Crippen molar-refractivity contribution in [2.45, 2.75) is 0 Å². The highest BCUT2D eigenvalue weighted by atomic mass is 16.3. The Hall–Kier alpha value is -7.68. The number of anilines is 3. The average molecular weight is 740 g/mol. The lowest BCUT2D eigenvalue weighted by atomic mass is 9.94. The van der Waals surface area contributed by atoms with E-state index in [9.17, 15) is 0 Å². The number of benzene rings is 10. The fourth-order valence-corrected chi connectivity index (χ4v) is 8.67. The van der Waals surface area contributed by atoms with Crippen molar-refractivity contribution < 1.29 is 4.42 Å². The number of hydrogen-bond acceptors (Lipinski definition) is 2. The fraction of sp³-hybridized carbons (Fsp3) is 0. The SMILES string of the molecule is c1ccc(-c2ccc(-c3ccc(N(c4ccc(-c5ccccc5)cc4)c4ccc(-c5ccccc5)c5oc6c7ccccc7c7ccccc7c6c45)cc3)cc2)cc1. The van der Waals surface area contributed by atoms with Gasteiger partial charge in [-0.3, -0.25) is 0 Å². The van der Waals surface area contributed by atoms with Crippen LogP contribution in [0.5, 0.6) is 0 Å². The second-order valence-electron chi connectivity index (χ2n) is 14.8. The summed E-state index contributed by atoms with van der Waals surface area (Å²) in [7, 11) is 0. The molecule has 0 fully saturated rings. The molecule has 0 bridgehead atoms. The van der Waals surface area contributed by atoms with Gasteiger partial charge in [0.25, 0.3) is 0 Å². The Bertz CT molecular complexity index is 3220. The smallest absolute Gasteiger partial charge is 0.145 e. The number of nitrogens with zero attached hydrogens (tertiary/aromatic N) is 1. The van der Waals surface area contributed by atoms with Crippen LogP contribution in [0.3, 0.4) is 0 Å². The van der Waals surface area contributed by atoms with Crippen LogP contribution < -0.4 is 4.90 Å². The van der Waals surface area contributed by atoms with E-state index in [1.54, 1.807) is 0 Å². The second kappa shape index (κ2) is 14.1. The van der Waals surface area contributed by atoms with Crippen molar-refractivity contribution in [3.8, 4) is 44.5 Å². The zero-order valence-corrected chi connectivity index (χ0v) is 31.7. The van der Waals surface area contributed by atoms with E-state index < -0.39 is 0 Å². The fourth-order valence-electron chi connectivity index (χ4n) is 8.67. The summed E-state index contributed by atoms with van der Waals surface area (Å²) in [5.41, 5.74) is 14.3. The van der Waals surface area contributed by atoms with Crippen molar-refractivity contribution in [1.29, 1.82) is 0 Å². The van der Waals surface area contributed by atoms with Crippen molar-refractivity contribution in [2.24, 2.45) is 0 Å². The highest BCUT2D eigenvalue weighted by molar-refractivity contribution is 6.33. The van der Waals surface area contributed by atoms with Crippen molar-refractivity contribution in [3.63, 3.8) is 0 Å². The van der Waals surface area contributed by atoms with Crippen LogP contribution in [0.4, 0.5) is 17.1 Å². The summed E-state index contributed by atoms with van der Waals surface area (Å²) in [6.45, 7) is 0. The lowest BCUT2D eigenvalue weighted by molar-refractivity contribution is 0.674. The maximum absolute atomic E-state index is 7.19. The summed E-state index contributed by atoms with van der Waals surface area (Å²) in [6.07, 6.45) is 0. The topological polar surface area (TPSA) is 16.4 Å². The maximum atomic E-state index is 7.19. The molecule has 0 radical (unpaired) electrons. The van der Waals surface area contributed by atoms with E-state index in [-0.39, 0.29) is 0 Å². The lowest BCUT2D eigenvalue weighted by Gasteiger charge is -2.27. The average Bonchev–Trinajstić information content (AvgIpc) is 3.72. The van der Waals surface area contributed by atoms with Crippen LogP contribution >= 0.6 is 0 Å². The minimum atomic E-state index is 0.876. The third-order valence-corrected chi connectivity index (χ3v) is 11.5. The van der Waals surface area contributed by atoms with Crippen LogP contribution in [0.2, 0.25) is 0 Å². The van der Waals surface area contributed by atoms with Crippen LogP contribution in [-0.4, -0.2) is 0 Å². The summed E-state index contributed by atoms with van der Waals surface area (Å²) >= 11 is 0. The van der Waals surface area contributed by atoms with E-state index in [1.165, 1.54) is 49.5 Å². The van der Waals surface area contributed by atoms with Gasteiger partial charge < -0.3 is 9.32 Å². The quantitative estimate of drug-likeness (QED) is 0.151. The van der Waals surface area contributed by atoms with Crippen molar-refractivity contribution in [1.82, 2.24) is 0 Å². The number of rotatable bonds is 7. The third kappa shape index (κ3) is 5.74. The van der Waals surface area contributed by atoms with Gasteiger partial charge >= 0.3 is 0 Å². The van der Waals surface area contributed by atoms with E-state index >= 15 is 0 Å². The molecule has 0 saturated heterocycles. The first-order valence-corrected chi connectivity index (χ1v) is 19.8. The Morgan fingerprint density at radius 1 is 0.259 bits per heavy atom. The van der Waals surface area contributed by atoms with E-state index in [0.717, 1.165) is 55.5 Å². The third-order valence-electron chi connectivity index (χ3n) is 11.5. The van der Waals surface area contributed by atoms with Crippen LogP contribution in [-0.2, 0) is 0 Å². The van der Waals surface area contributed by atoms with Gasteiger partial charge in [0, 0.05) is 27.7 Å². The van der Waals surface area contributed by atoms with Crippen LogP contribution in [0.15, 0.2) is 229 Å². The van der Waals surface area contributed by atoms with Crippen molar-refractivity contribution in [3.05, 3.63) is 224 Å². The largest absolute Gasteiger partial charge is 0.455 e. The lowest BCUT2D eigenvalue weighted by Crippen LogP contribution is -2.10. The zero-order valence-electron chi connectivity index (χ0n) is 31.7. The van der Waals surface area contributed by atoms with Gasteiger partial charge in [-0.25, -0.2) is 0 Å². The minimum absolute atomic E-state index is 0.876. The molecule has 11 rings (SSSR count). The maximum Gasteiger partial charge on any atom is 0.145 e. The van der Waals surface area contributed by atoms with Gasteiger partial charge in [0.2, 0.25) is 0 Å². The van der Waals surface area contributed by atoms with Gasteiger partial charge in [-0.15, -0.1) is 0 Å². The van der Waals surface area contributed by atoms with Gasteiger partial charge in [-0.05, 0) is 91.5 Å². The summed E-state index contributed by atoms with van der Waals surface area (Å²) in [5.74, 6) is 0. The second-order valence-corrected chi connectivity index (χ2v) is 14.8. The predicted molar refractivity (Wildman–Crippen MR) is 245 cm³/mol. The first-order valence-electron chi connectivity index (χ1n) is 19.8. The molecule has 10 aromatic carbocycles. The van der Waals surface area contributed by atoms with E-state index in [1.807, 2.05) is 0 Å². The molecule has 0 spiro atoms. The molecular weight excluding hydrogens is 703 g/mol. The zero-order chi connectivity index (χ0) is 38.4. The van der Waals surface area contributed by atoms with Gasteiger partial charge in [-0.2, -0.15) is 0 Å². The van der Waals surface area contributed by atoms with Crippen LogP contribution in [0, 0.1) is 0 Å². The Kier molecular flexibility index (Phi) is 8.19. The van der Waals surface area contributed by atoms with Gasteiger partial charge in [-0.1, -0.05) is 188 Å². The molecule has 0 unspecified atom stereocenters. The molecule has 2 heteroatoms.